The SMILES string of the molecule is CNCC(C)C(=O)Nc1cc(F)c(F)cc1NC(C)=O.Cl. The van der Waals surface area contributed by atoms with Crippen molar-refractivity contribution in [3.8, 4) is 0 Å². The first-order valence-electron chi connectivity index (χ1n) is 6.07. The fraction of sp³-hybridized carbons (Fsp3) is 0.385. The van der Waals surface area contributed by atoms with Gasteiger partial charge >= 0.3 is 0 Å². The highest BCUT2D eigenvalue weighted by molar-refractivity contribution is 5.99. The van der Waals surface area contributed by atoms with E-state index in [9.17, 15) is 18.4 Å². The second-order valence-electron chi connectivity index (χ2n) is 4.44. The molecule has 1 aromatic rings. The number of nitrogens with one attached hydrogen (secondary N) is 3. The molecule has 21 heavy (non-hydrogen) atoms. The number of benzene rings is 1. The van der Waals surface area contributed by atoms with Gasteiger partial charge in [-0.15, -0.1) is 12.4 Å². The zero-order valence-corrected chi connectivity index (χ0v) is 12.7. The van der Waals surface area contributed by atoms with Gasteiger partial charge in [0.15, 0.2) is 11.6 Å². The van der Waals surface area contributed by atoms with Gasteiger partial charge in [-0.25, -0.2) is 8.78 Å². The first-order valence-corrected chi connectivity index (χ1v) is 6.07. The molecule has 8 heteroatoms. The Hall–Kier alpha value is -1.73. The molecule has 1 aromatic carbocycles. The Kier molecular flexibility index (Phi) is 7.83. The minimum absolute atomic E-state index is 0. The van der Waals surface area contributed by atoms with Crippen LogP contribution in [0.2, 0.25) is 0 Å². The Labute approximate surface area is 127 Å². The van der Waals surface area contributed by atoms with Crippen molar-refractivity contribution in [1.82, 2.24) is 5.32 Å². The highest BCUT2D eigenvalue weighted by Gasteiger charge is 2.16. The molecule has 0 aliphatic carbocycles. The predicted octanol–water partition coefficient (Wildman–Crippen LogP) is 2.14. The molecule has 118 valence electrons. The van der Waals surface area contributed by atoms with Crippen molar-refractivity contribution >= 4 is 35.6 Å². The maximum atomic E-state index is 13.2. The molecule has 0 radical (unpaired) electrons. The van der Waals surface area contributed by atoms with Crippen LogP contribution in [0.15, 0.2) is 12.1 Å². The Balaban J connectivity index is 0.00000400. The summed E-state index contributed by atoms with van der Waals surface area (Å²) in [7, 11) is 1.70. The molecule has 0 bridgehead atoms. The van der Waals surface area contributed by atoms with Gasteiger partial charge in [-0.3, -0.25) is 9.59 Å². The first kappa shape index (κ1) is 19.3. The third-order valence-corrected chi connectivity index (χ3v) is 2.59. The van der Waals surface area contributed by atoms with Gasteiger partial charge in [0.2, 0.25) is 11.8 Å². The number of hydrogen-bond donors (Lipinski definition) is 3. The van der Waals surface area contributed by atoms with E-state index in [1.807, 2.05) is 0 Å². The Morgan fingerprint density at radius 2 is 1.62 bits per heavy atom. The van der Waals surface area contributed by atoms with Gasteiger partial charge in [0.1, 0.15) is 0 Å². The minimum Gasteiger partial charge on any atom is -0.324 e. The number of anilines is 2. The number of halogens is 3. The molecule has 0 saturated heterocycles. The highest BCUT2D eigenvalue weighted by atomic mass is 35.5. The second kappa shape index (κ2) is 8.53. The Morgan fingerprint density at radius 3 is 2.05 bits per heavy atom. The molecule has 0 fully saturated rings. The van der Waals surface area contributed by atoms with E-state index in [0.717, 1.165) is 12.1 Å². The van der Waals surface area contributed by atoms with Crippen LogP contribution >= 0.6 is 12.4 Å². The molecule has 2 amide bonds. The van der Waals surface area contributed by atoms with Gasteiger partial charge in [-0.1, -0.05) is 6.92 Å². The van der Waals surface area contributed by atoms with Crippen molar-refractivity contribution in [2.75, 3.05) is 24.2 Å². The lowest BCUT2D eigenvalue weighted by Crippen LogP contribution is -2.29. The summed E-state index contributed by atoms with van der Waals surface area (Å²) < 4.78 is 26.4. The lowest BCUT2D eigenvalue weighted by molar-refractivity contribution is -0.119. The average Bonchev–Trinajstić information content (AvgIpc) is 2.35. The minimum atomic E-state index is -1.10. The molecule has 5 nitrogen and oxygen atoms in total. The van der Waals surface area contributed by atoms with E-state index in [-0.39, 0.29) is 35.6 Å². The largest absolute Gasteiger partial charge is 0.324 e. The van der Waals surface area contributed by atoms with Crippen LogP contribution in [0.3, 0.4) is 0 Å². The summed E-state index contributed by atoms with van der Waals surface area (Å²) >= 11 is 0. The van der Waals surface area contributed by atoms with Gasteiger partial charge in [-0.2, -0.15) is 0 Å². The predicted molar refractivity (Wildman–Crippen MR) is 79.6 cm³/mol. The summed E-state index contributed by atoms with van der Waals surface area (Å²) in [6.45, 7) is 3.35. The maximum Gasteiger partial charge on any atom is 0.228 e. The number of carbonyl (C=O) groups is 2. The zero-order chi connectivity index (χ0) is 15.3. The van der Waals surface area contributed by atoms with Gasteiger partial charge in [0.25, 0.3) is 0 Å². The summed E-state index contributed by atoms with van der Waals surface area (Å²) in [5.41, 5.74) is 0.0356. The lowest BCUT2D eigenvalue weighted by atomic mass is 10.1. The molecule has 0 aliphatic rings. The normalized spacial score (nSPS) is 11.3. The molecule has 3 N–H and O–H groups in total. The number of amides is 2. The first-order chi connectivity index (χ1) is 9.35. The highest BCUT2D eigenvalue weighted by Crippen LogP contribution is 2.25. The number of rotatable bonds is 5. The average molecular weight is 322 g/mol. The van der Waals surface area contributed by atoms with Crippen LogP contribution in [0.1, 0.15) is 13.8 Å². The van der Waals surface area contributed by atoms with Crippen molar-refractivity contribution in [3.63, 3.8) is 0 Å². The van der Waals surface area contributed by atoms with Gasteiger partial charge in [-0.05, 0) is 7.05 Å². The molecule has 0 heterocycles. The van der Waals surface area contributed by atoms with Crippen LogP contribution in [0.5, 0.6) is 0 Å². The maximum absolute atomic E-state index is 13.2. The van der Waals surface area contributed by atoms with Crippen LogP contribution in [0, 0.1) is 17.6 Å². The van der Waals surface area contributed by atoms with Crippen molar-refractivity contribution in [3.05, 3.63) is 23.8 Å². The van der Waals surface area contributed by atoms with Crippen molar-refractivity contribution in [2.24, 2.45) is 5.92 Å². The third kappa shape index (κ3) is 5.65. The van der Waals surface area contributed by atoms with Crippen LogP contribution in [0.4, 0.5) is 20.2 Å². The van der Waals surface area contributed by atoms with E-state index in [4.69, 9.17) is 0 Å². The fourth-order valence-electron chi connectivity index (χ4n) is 1.60. The fourth-order valence-corrected chi connectivity index (χ4v) is 1.60. The topological polar surface area (TPSA) is 70.2 Å². The molecule has 0 saturated carbocycles. The van der Waals surface area contributed by atoms with E-state index in [1.165, 1.54) is 6.92 Å². The van der Waals surface area contributed by atoms with Gasteiger partial charge in [0, 0.05) is 31.5 Å². The monoisotopic (exact) mass is 321 g/mol. The molecule has 1 rings (SSSR count). The summed E-state index contributed by atoms with van der Waals surface area (Å²) in [6.07, 6.45) is 0. The molecule has 0 spiro atoms. The Bertz CT molecular complexity index is 526. The molecule has 0 aromatic heterocycles. The third-order valence-electron chi connectivity index (χ3n) is 2.59. The van der Waals surface area contributed by atoms with Gasteiger partial charge < -0.3 is 16.0 Å². The zero-order valence-electron chi connectivity index (χ0n) is 11.9. The van der Waals surface area contributed by atoms with Gasteiger partial charge in [0.05, 0.1) is 11.4 Å². The van der Waals surface area contributed by atoms with E-state index in [0.29, 0.717) is 6.54 Å². The van der Waals surface area contributed by atoms with Crippen molar-refractivity contribution in [2.45, 2.75) is 13.8 Å². The lowest BCUT2D eigenvalue weighted by Gasteiger charge is -2.15. The summed E-state index contributed by atoms with van der Waals surface area (Å²) in [4.78, 5) is 22.9. The van der Waals surface area contributed by atoms with E-state index in [2.05, 4.69) is 16.0 Å². The van der Waals surface area contributed by atoms with E-state index >= 15 is 0 Å². The summed E-state index contributed by atoms with van der Waals surface area (Å²) in [5, 5.41) is 7.65. The molecule has 0 aliphatic heterocycles. The molecular weight excluding hydrogens is 304 g/mol. The van der Waals surface area contributed by atoms with Crippen LogP contribution < -0.4 is 16.0 Å². The van der Waals surface area contributed by atoms with E-state index < -0.39 is 17.5 Å². The number of hydrogen-bond acceptors (Lipinski definition) is 3. The van der Waals surface area contributed by atoms with Crippen molar-refractivity contribution < 1.29 is 18.4 Å². The standard InChI is InChI=1S/C13H17F2N3O2.ClH/c1-7(6-16-3)13(20)18-12-5-10(15)9(14)4-11(12)17-8(2)19;/h4-5,7,16H,6H2,1-3H3,(H,17,19)(H,18,20);1H. The number of carbonyl (C=O) groups excluding carboxylic acids is 2. The van der Waals surface area contributed by atoms with Crippen molar-refractivity contribution in [1.29, 1.82) is 0 Å². The molecule has 1 unspecified atom stereocenters. The smallest absolute Gasteiger partial charge is 0.228 e. The molecule has 1 atom stereocenters. The quantitative estimate of drug-likeness (QED) is 0.778. The van der Waals surface area contributed by atoms with E-state index in [1.54, 1.807) is 14.0 Å². The van der Waals surface area contributed by atoms with Crippen LogP contribution in [-0.4, -0.2) is 25.4 Å². The van der Waals surface area contributed by atoms with Crippen LogP contribution in [-0.2, 0) is 9.59 Å². The Morgan fingerprint density at radius 1 is 1.14 bits per heavy atom. The van der Waals surface area contributed by atoms with Crippen LogP contribution in [0.25, 0.3) is 0 Å². The second-order valence-corrected chi connectivity index (χ2v) is 4.44. The summed E-state index contributed by atoms with van der Waals surface area (Å²) in [5.74, 6) is -3.38. The molecular formula is C13H18ClF2N3O2. The summed E-state index contributed by atoms with van der Waals surface area (Å²) in [6, 6.07) is 1.67.